The molecule has 0 unspecified atom stereocenters. The van der Waals surface area contributed by atoms with Crippen LogP contribution in [0.15, 0.2) is 66.9 Å². The van der Waals surface area contributed by atoms with Crippen molar-refractivity contribution in [2.45, 2.75) is 6.54 Å². The van der Waals surface area contributed by atoms with E-state index in [0.717, 1.165) is 22.4 Å². The number of ether oxygens (including phenoxy) is 1. The maximum absolute atomic E-state index is 11.1. The van der Waals surface area contributed by atoms with E-state index in [-0.39, 0.29) is 5.97 Å². The van der Waals surface area contributed by atoms with Crippen molar-refractivity contribution in [3.05, 3.63) is 78.0 Å². The van der Waals surface area contributed by atoms with Gasteiger partial charge in [0.25, 0.3) is 0 Å². The Balaban J connectivity index is 1.67. The van der Waals surface area contributed by atoms with Crippen molar-refractivity contribution in [1.82, 2.24) is 15.0 Å². The number of hydrogen-bond acceptors (Lipinski definition) is 4. The number of benzene rings is 2. The summed E-state index contributed by atoms with van der Waals surface area (Å²) in [6.07, 6.45) is 5.05. The largest absolute Gasteiger partial charge is 0.466 e. The summed E-state index contributed by atoms with van der Waals surface area (Å²) in [5.41, 5.74) is 3.95. The van der Waals surface area contributed by atoms with Crippen molar-refractivity contribution in [3.63, 3.8) is 0 Å². The molecule has 0 aliphatic heterocycles. The van der Waals surface area contributed by atoms with E-state index in [1.807, 2.05) is 65.5 Å². The molecule has 0 aliphatic carbocycles. The SMILES string of the molecule is COC(=O)/C=C/c1ccc(Cn2cc(-c3ccccc3)nn2)cc1. The van der Waals surface area contributed by atoms with Crippen LogP contribution in [0.3, 0.4) is 0 Å². The van der Waals surface area contributed by atoms with Crippen molar-refractivity contribution in [2.75, 3.05) is 7.11 Å². The number of nitrogens with zero attached hydrogens (tertiary/aromatic N) is 3. The molecule has 5 heteroatoms. The summed E-state index contributed by atoms with van der Waals surface area (Å²) in [4.78, 5) is 11.1. The molecule has 0 atom stereocenters. The quantitative estimate of drug-likeness (QED) is 0.535. The minimum Gasteiger partial charge on any atom is -0.466 e. The summed E-state index contributed by atoms with van der Waals surface area (Å²) in [5.74, 6) is -0.366. The Bertz CT molecular complexity index is 837. The van der Waals surface area contributed by atoms with Gasteiger partial charge in [0.05, 0.1) is 19.9 Å². The van der Waals surface area contributed by atoms with Gasteiger partial charge >= 0.3 is 5.97 Å². The fourth-order valence-corrected chi connectivity index (χ4v) is 2.27. The zero-order valence-electron chi connectivity index (χ0n) is 13.3. The average molecular weight is 319 g/mol. The Labute approximate surface area is 140 Å². The lowest BCUT2D eigenvalue weighted by Crippen LogP contribution is -2.00. The van der Waals surface area contributed by atoms with Crippen molar-refractivity contribution in [3.8, 4) is 11.3 Å². The second-order valence-electron chi connectivity index (χ2n) is 5.27. The Hall–Kier alpha value is -3.21. The first kappa shape index (κ1) is 15.7. The molecule has 0 fully saturated rings. The van der Waals surface area contributed by atoms with Gasteiger partial charge in [-0.2, -0.15) is 0 Å². The third-order valence-electron chi connectivity index (χ3n) is 3.55. The molecule has 3 rings (SSSR count). The van der Waals surface area contributed by atoms with E-state index >= 15 is 0 Å². The van der Waals surface area contributed by atoms with Gasteiger partial charge in [-0.15, -0.1) is 5.10 Å². The molecule has 0 aliphatic rings. The summed E-state index contributed by atoms with van der Waals surface area (Å²) in [7, 11) is 1.36. The third-order valence-corrected chi connectivity index (χ3v) is 3.55. The zero-order valence-corrected chi connectivity index (χ0v) is 13.3. The van der Waals surface area contributed by atoms with E-state index in [4.69, 9.17) is 0 Å². The number of carbonyl (C=O) groups is 1. The lowest BCUT2D eigenvalue weighted by atomic mass is 10.1. The number of aromatic nitrogens is 3. The predicted octanol–water partition coefficient (Wildman–Crippen LogP) is 3.18. The number of hydrogen-bond donors (Lipinski definition) is 0. The molecule has 1 aromatic heterocycles. The molecule has 0 N–H and O–H groups in total. The summed E-state index contributed by atoms with van der Waals surface area (Å²) >= 11 is 0. The Morgan fingerprint density at radius 2 is 1.88 bits per heavy atom. The van der Waals surface area contributed by atoms with E-state index < -0.39 is 0 Å². The van der Waals surface area contributed by atoms with E-state index in [1.165, 1.54) is 13.2 Å². The standard InChI is InChI=1S/C19H17N3O2/c1-24-19(23)12-11-15-7-9-16(10-8-15)13-22-14-18(20-21-22)17-5-3-2-4-6-17/h2-12,14H,13H2,1H3/b12-11+. The normalized spacial score (nSPS) is 10.9. The highest BCUT2D eigenvalue weighted by atomic mass is 16.5. The average Bonchev–Trinajstić information content (AvgIpc) is 3.10. The number of esters is 1. The van der Waals surface area contributed by atoms with Crippen LogP contribution in [-0.2, 0) is 16.1 Å². The second-order valence-corrected chi connectivity index (χ2v) is 5.27. The minimum absolute atomic E-state index is 0.366. The van der Waals surface area contributed by atoms with Gasteiger partial charge in [0.15, 0.2) is 0 Å². The number of methoxy groups -OCH3 is 1. The first-order valence-corrected chi connectivity index (χ1v) is 7.55. The highest BCUT2D eigenvalue weighted by Gasteiger charge is 2.03. The molecule has 3 aromatic rings. The van der Waals surface area contributed by atoms with Gasteiger partial charge in [-0.25, -0.2) is 9.48 Å². The first-order valence-electron chi connectivity index (χ1n) is 7.55. The number of carbonyl (C=O) groups excluding carboxylic acids is 1. The molecule has 0 radical (unpaired) electrons. The molecule has 2 aromatic carbocycles. The summed E-state index contributed by atoms with van der Waals surface area (Å²) in [6, 6.07) is 17.9. The van der Waals surface area contributed by atoms with Crippen LogP contribution in [0.1, 0.15) is 11.1 Å². The van der Waals surface area contributed by atoms with Crippen LogP contribution < -0.4 is 0 Å². The predicted molar refractivity (Wildman–Crippen MR) is 92.1 cm³/mol. The topological polar surface area (TPSA) is 57.0 Å². The Kier molecular flexibility index (Phi) is 4.81. The van der Waals surface area contributed by atoms with Crippen molar-refractivity contribution in [2.24, 2.45) is 0 Å². The summed E-state index contributed by atoms with van der Waals surface area (Å²) < 4.78 is 6.38. The van der Waals surface area contributed by atoms with E-state index in [2.05, 4.69) is 15.0 Å². The second kappa shape index (κ2) is 7.37. The lowest BCUT2D eigenvalue weighted by Gasteiger charge is -2.01. The van der Waals surface area contributed by atoms with Crippen molar-refractivity contribution in [1.29, 1.82) is 0 Å². The Morgan fingerprint density at radius 3 is 2.58 bits per heavy atom. The van der Waals surface area contributed by atoms with Gasteiger partial charge in [0.1, 0.15) is 5.69 Å². The lowest BCUT2D eigenvalue weighted by molar-refractivity contribution is -0.134. The molecule has 1 heterocycles. The molecule has 0 spiro atoms. The molecule has 0 bridgehead atoms. The van der Waals surface area contributed by atoms with Crippen LogP contribution in [0.2, 0.25) is 0 Å². The Morgan fingerprint density at radius 1 is 1.12 bits per heavy atom. The van der Waals surface area contributed by atoms with Gasteiger partial charge in [-0.3, -0.25) is 0 Å². The fourth-order valence-electron chi connectivity index (χ4n) is 2.27. The summed E-state index contributed by atoms with van der Waals surface area (Å²) in [5, 5.41) is 8.38. The van der Waals surface area contributed by atoms with Gasteiger partial charge < -0.3 is 4.74 Å². The van der Waals surface area contributed by atoms with Crippen LogP contribution in [-0.4, -0.2) is 28.1 Å². The third kappa shape index (κ3) is 3.95. The zero-order chi connectivity index (χ0) is 16.8. The van der Waals surface area contributed by atoms with Crippen LogP contribution in [0.5, 0.6) is 0 Å². The fraction of sp³-hybridized carbons (Fsp3) is 0.105. The summed E-state index contributed by atoms with van der Waals surface area (Å²) in [6.45, 7) is 0.640. The van der Waals surface area contributed by atoms with Crippen LogP contribution in [0.4, 0.5) is 0 Å². The van der Waals surface area contributed by atoms with Gasteiger partial charge in [0, 0.05) is 11.6 Å². The van der Waals surface area contributed by atoms with Crippen molar-refractivity contribution >= 4 is 12.0 Å². The molecule has 0 saturated carbocycles. The van der Waals surface area contributed by atoms with E-state index in [0.29, 0.717) is 6.54 Å². The smallest absolute Gasteiger partial charge is 0.330 e. The molecule has 0 amide bonds. The molecule has 24 heavy (non-hydrogen) atoms. The molecule has 0 saturated heterocycles. The minimum atomic E-state index is -0.366. The number of rotatable bonds is 5. The molecule has 120 valence electrons. The van der Waals surface area contributed by atoms with Gasteiger partial charge in [-0.1, -0.05) is 59.8 Å². The maximum Gasteiger partial charge on any atom is 0.330 e. The van der Waals surface area contributed by atoms with E-state index in [1.54, 1.807) is 6.08 Å². The van der Waals surface area contributed by atoms with Gasteiger partial charge in [0.2, 0.25) is 0 Å². The van der Waals surface area contributed by atoms with Crippen LogP contribution in [0.25, 0.3) is 17.3 Å². The van der Waals surface area contributed by atoms with E-state index in [9.17, 15) is 4.79 Å². The maximum atomic E-state index is 11.1. The van der Waals surface area contributed by atoms with Crippen LogP contribution in [0, 0.1) is 0 Å². The monoisotopic (exact) mass is 319 g/mol. The highest BCUT2D eigenvalue weighted by molar-refractivity contribution is 5.86. The molecule has 5 nitrogen and oxygen atoms in total. The van der Waals surface area contributed by atoms with Crippen molar-refractivity contribution < 1.29 is 9.53 Å². The van der Waals surface area contributed by atoms with Crippen LogP contribution >= 0.6 is 0 Å². The highest BCUT2D eigenvalue weighted by Crippen LogP contribution is 2.15. The molecular weight excluding hydrogens is 302 g/mol. The van der Waals surface area contributed by atoms with Gasteiger partial charge in [-0.05, 0) is 17.2 Å². The first-order chi connectivity index (χ1) is 11.7. The molecular formula is C19H17N3O2.